The first-order valence-electron chi connectivity index (χ1n) is 5.45. The third kappa shape index (κ3) is 2.60. The van der Waals surface area contributed by atoms with Crippen LogP contribution in [0.4, 0.5) is 0 Å². The predicted octanol–water partition coefficient (Wildman–Crippen LogP) is 3.13. The van der Waals surface area contributed by atoms with E-state index in [0.29, 0.717) is 0 Å². The molecule has 0 nitrogen and oxygen atoms in total. The monoisotopic (exact) mass is 210 g/mol. The van der Waals surface area contributed by atoms with Gasteiger partial charge >= 0.3 is 0 Å². The van der Waals surface area contributed by atoms with E-state index in [2.05, 4.69) is 57.4 Å². The average molecular weight is 210 g/mol. The lowest BCUT2D eigenvalue weighted by molar-refractivity contribution is 1.46. The molecule has 1 rings (SSSR count). The maximum absolute atomic E-state index is 3.85. The number of allylic oxidation sites excluding steroid dienone is 2. The van der Waals surface area contributed by atoms with Crippen molar-refractivity contribution in [2.45, 2.75) is 13.8 Å². The summed E-state index contributed by atoms with van der Waals surface area (Å²) in [5.41, 5.74) is 2.32. The van der Waals surface area contributed by atoms with Crippen LogP contribution in [-0.4, -0.2) is 0 Å². The fourth-order valence-electron chi connectivity index (χ4n) is 1.66. The summed E-state index contributed by atoms with van der Waals surface area (Å²) in [5, 5.41) is 2.49. The van der Waals surface area contributed by atoms with Gasteiger partial charge in [0, 0.05) is 0 Å². The Morgan fingerprint density at radius 2 is 1.50 bits per heavy atom. The van der Waals surface area contributed by atoms with Crippen molar-refractivity contribution < 1.29 is 0 Å². The van der Waals surface area contributed by atoms with Gasteiger partial charge in [0.1, 0.15) is 0 Å². The molecule has 0 aromatic heterocycles. The van der Waals surface area contributed by atoms with E-state index < -0.39 is 0 Å². The van der Waals surface area contributed by atoms with E-state index in [4.69, 9.17) is 0 Å². The molecular formula is C16H18. The summed E-state index contributed by atoms with van der Waals surface area (Å²) in [5.74, 6) is 0. The molecular weight excluding hydrogens is 192 g/mol. The molecule has 0 unspecified atom stereocenters. The van der Waals surface area contributed by atoms with Gasteiger partial charge in [-0.05, 0) is 47.5 Å². The van der Waals surface area contributed by atoms with E-state index in [-0.39, 0.29) is 0 Å². The van der Waals surface area contributed by atoms with Crippen LogP contribution >= 0.6 is 0 Å². The Hall–Kier alpha value is -1.82. The van der Waals surface area contributed by atoms with Crippen LogP contribution in [0.3, 0.4) is 0 Å². The minimum atomic E-state index is 1.15. The van der Waals surface area contributed by atoms with E-state index in [0.717, 1.165) is 5.56 Å². The van der Waals surface area contributed by atoms with E-state index in [1.54, 1.807) is 6.08 Å². The van der Waals surface area contributed by atoms with Crippen molar-refractivity contribution in [2.24, 2.45) is 0 Å². The smallest absolute Gasteiger partial charge is 0.0178 e. The Bertz CT molecular complexity index is 528. The summed E-state index contributed by atoms with van der Waals surface area (Å²) in [6.45, 7) is 11.6. The van der Waals surface area contributed by atoms with Crippen molar-refractivity contribution in [1.29, 1.82) is 0 Å². The average Bonchev–Trinajstić information content (AvgIpc) is 2.35. The van der Waals surface area contributed by atoms with Gasteiger partial charge in [-0.25, -0.2) is 0 Å². The quantitative estimate of drug-likeness (QED) is 0.672. The standard InChI is InChI=1S/C16H18/c1-5-9-10-16-12-14(7-3)13(6-2)11-15(16)8-4/h5-12H,1,4H2,2-3H3/b10-9-,13-6-,14-7-. The lowest BCUT2D eigenvalue weighted by atomic mass is 10.0. The number of rotatable bonds is 3. The number of benzene rings is 1. The summed E-state index contributed by atoms with van der Waals surface area (Å²) in [6, 6.07) is 4.33. The first-order valence-corrected chi connectivity index (χ1v) is 5.45. The zero-order valence-corrected chi connectivity index (χ0v) is 10.0. The van der Waals surface area contributed by atoms with Gasteiger partial charge in [0.25, 0.3) is 0 Å². The summed E-state index contributed by atoms with van der Waals surface area (Å²) in [6.07, 6.45) is 11.9. The lowest BCUT2D eigenvalue weighted by Crippen LogP contribution is -2.24. The van der Waals surface area contributed by atoms with Gasteiger partial charge in [-0.2, -0.15) is 0 Å². The van der Waals surface area contributed by atoms with Crippen LogP contribution in [-0.2, 0) is 0 Å². The van der Waals surface area contributed by atoms with Gasteiger partial charge in [-0.15, -0.1) is 0 Å². The molecule has 0 amide bonds. The third-order valence-corrected chi connectivity index (χ3v) is 2.54. The minimum Gasteiger partial charge on any atom is -0.0991 e. The fraction of sp³-hybridized carbons (Fsp3) is 0.125. The van der Waals surface area contributed by atoms with Crippen LogP contribution in [0.5, 0.6) is 0 Å². The summed E-state index contributed by atoms with van der Waals surface area (Å²) in [4.78, 5) is 0. The van der Waals surface area contributed by atoms with Crippen molar-refractivity contribution in [3.63, 3.8) is 0 Å². The van der Waals surface area contributed by atoms with Crippen molar-refractivity contribution >= 4 is 24.3 Å². The lowest BCUT2D eigenvalue weighted by Gasteiger charge is -2.01. The van der Waals surface area contributed by atoms with Crippen LogP contribution < -0.4 is 10.4 Å². The second-order valence-corrected chi connectivity index (χ2v) is 3.49. The number of hydrogen-bond donors (Lipinski definition) is 0. The zero-order chi connectivity index (χ0) is 12.0. The van der Waals surface area contributed by atoms with Gasteiger partial charge < -0.3 is 0 Å². The largest absolute Gasteiger partial charge is 0.0991 e. The molecule has 0 radical (unpaired) electrons. The van der Waals surface area contributed by atoms with Crippen LogP contribution in [0.1, 0.15) is 25.0 Å². The second kappa shape index (κ2) is 5.92. The Kier molecular flexibility index (Phi) is 4.53. The molecule has 0 saturated carbocycles. The van der Waals surface area contributed by atoms with Crippen LogP contribution in [0.2, 0.25) is 0 Å². The van der Waals surface area contributed by atoms with Crippen molar-refractivity contribution in [3.05, 3.63) is 59.0 Å². The van der Waals surface area contributed by atoms with Crippen molar-refractivity contribution in [3.8, 4) is 0 Å². The highest BCUT2D eigenvalue weighted by molar-refractivity contribution is 5.65. The summed E-state index contributed by atoms with van der Waals surface area (Å²) >= 11 is 0. The molecule has 0 heteroatoms. The Morgan fingerprint density at radius 1 is 0.938 bits per heavy atom. The fourth-order valence-corrected chi connectivity index (χ4v) is 1.66. The normalized spacial score (nSPS) is 13.4. The highest BCUT2D eigenvalue weighted by Gasteiger charge is 1.95. The second-order valence-electron chi connectivity index (χ2n) is 3.49. The van der Waals surface area contributed by atoms with Crippen LogP contribution in [0, 0.1) is 0 Å². The Labute approximate surface area is 97.6 Å². The summed E-state index contributed by atoms with van der Waals surface area (Å²) < 4.78 is 0. The Morgan fingerprint density at radius 3 is 1.94 bits per heavy atom. The number of hydrogen-bond acceptors (Lipinski definition) is 0. The molecule has 0 spiro atoms. The Balaban J connectivity index is 3.57. The minimum absolute atomic E-state index is 1.15. The van der Waals surface area contributed by atoms with Gasteiger partial charge in [-0.3, -0.25) is 0 Å². The molecule has 0 aliphatic carbocycles. The first-order chi connectivity index (χ1) is 7.76. The molecule has 1 aromatic rings. The molecule has 82 valence electrons. The molecule has 0 aliphatic rings. The van der Waals surface area contributed by atoms with E-state index >= 15 is 0 Å². The molecule has 0 saturated heterocycles. The first kappa shape index (κ1) is 12.3. The predicted molar refractivity (Wildman–Crippen MR) is 75.3 cm³/mol. The van der Waals surface area contributed by atoms with Crippen molar-refractivity contribution in [1.82, 2.24) is 0 Å². The van der Waals surface area contributed by atoms with Gasteiger partial charge in [0.05, 0.1) is 0 Å². The van der Waals surface area contributed by atoms with Crippen LogP contribution in [0.25, 0.3) is 24.3 Å². The zero-order valence-electron chi connectivity index (χ0n) is 10.0. The van der Waals surface area contributed by atoms with Crippen molar-refractivity contribution in [2.75, 3.05) is 0 Å². The maximum Gasteiger partial charge on any atom is -0.0178 e. The van der Waals surface area contributed by atoms with Gasteiger partial charge in [0.2, 0.25) is 0 Å². The van der Waals surface area contributed by atoms with Gasteiger partial charge in [0.15, 0.2) is 0 Å². The van der Waals surface area contributed by atoms with Gasteiger partial charge in [-0.1, -0.05) is 49.6 Å². The molecule has 0 heterocycles. The highest BCUT2D eigenvalue weighted by atomic mass is 14.0. The third-order valence-electron chi connectivity index (χ3n) is 2.54. The maximum atomic E-state index is 3.85. The molecule has 0 atom stereocenters. The molecule has 16 heavy (non-hydrogen) atoms. The molecule has 0 aliphatic heterocycles. The SMILES string of the molecule is C=C/C=C\c1cc(=C/C)/c(=C\C)cc1C=C. The summed E-state index contributed by atoms with van der Waals surface area (Å²) in [7, 11) is 0. The van der Waals surface area contributed by atoms with E-state index in [1.165, 1.54) is 16.0 Å². The van der Waals surface area contributed by atoms with E-state index in [9.17, 15) is 0 Å². The molecule has 0 N–H and O–H groups in total. The highest BCUT2D eigenvalue weighted by Crippen LogP contribution is 2.08. The molecule has 0 fully saturated rings. The molecule has 1 aromatic carbocycles. The van der Waals surface area contributed by atoms with E-state index in [1.807, 2.05) is 12.2 Å². The van der Waals surface area contributed by atoms with Crippen LogP contribution in [0.15, 0.2) is 37.4 Å². The molecule has 0 bridgehead atoms. The topological polar surface area (TPSA) is 0 Å².